The molecule has 0 aromatic heterocycles. The minimum absolute atomic E-state index is 0.0737. The van der Waals surface area contributed by atoms with Gasteiger partial charge in [0, 0.05) is 15.2 Å². The van der Waals surface area contributed by atoms with Crippen molar-refractivity contribution in [2.24, 2.45) is 0 Å². The maximum atomic E-state index is 12.2. The monoisotopic (exact) mass is 394 g/mol. The summed E-state index contributed by atoms with van der Waals surface area (Å²) in [5, 5.41) is 0.642. The fraction of sp³-hybridized carbons (Fsp3) is 0. The van der Waals surface area contributed by atoms with E-state index in [1.54, 1.807) is 6.07 Å². The molecule has 0 saturated carbocycles. The van der Waals surface area contributed by atoms with E-state index in [-0.39, 0.29) is 15.6 Å². The number of hydrogen-bond donors (Lipinski definition) is 2. The number of rotatable bonds is 3. The predicted octanol–water partition coefficient (Wildman–Crippen LogP) is 4.14. The molecule has 2 rings (SSSR count). The Labute approximate surface area is 135 Å². The molecular formula is C12H9BrCl2N2O2S. The Bertz CT molecular complexity index is 766. The summed E-state index contributed by atoms with van der Waals surface area (Å²) in [6.45, 7) is 0. The van der Waals surface area contributed by atoms with Gasteiger partial charge in [0.15, 0.2) is 0 Å². The van der Waals surface area contributed by atoms with Crippen LogP contribution in [0, 0.1) is 0 Å². The largest absolute Gasteiger partial charge is 0.398 e. The molecule has 0 atom stereocenters. The Morgan fingerprint density at radius 1 is 1.10 bits per heavy atom. The van der Waals surface area contributed by atoms with E-state index in [1.807, 2.05) is 0 Å². The van der Waals surface area contributed by atoms with Gasteiger partial charge >= 0.3 is 0 Å². The Hall–Kier alpha value is -0.950. The molecule has 0 spiro atoms. The number of nitrogen functional groups attached to an aromatic ring is 1. The molecule has 8 heteroatoms. The SMILES string of the molecule is Nc1ccc(S(=O)(=O)Nc2ccc(Cl)cc2Cl)cc1Br. The van der Waals surface area contributed by atoms with Gasteiger partial charge < -0.3 is 5.73 Å². The molecule has 0 radical (unpaired) electrons. The lowest BCUT2D eigenvalue weighted by Crippen LogP contribution is -2.13. The van der Waals surface area contributed by atoms with Crippen LogP contribution in [-0.2, 0) is 10.0 Å². The summed E-state index contributed by atoms with van der Waals surface area (Å²) in [7, 11) is -3.75. The standard InChI is InChI=1S/C12H9BrCl2N2O2S/c13-9-6-8(2-3-11(9)16)20(18,19)17-12-4-1-7(14)5-10(12)15/h1-6,17H,16H2. The molecule has 20 heavy (non-hydrogen) atoms. The van der Waals surface area contributed by atoms with Crippen molar-refractivity contribution in [1.82, 2.24) is 0 Å². The van der Waals surface area contributed by atoms with Crippen molar-refractivity contribution >= 4 is 60.5 Å². The summed E-state index contributed by atoms with van der Waals surface area (Å²) >= 11 is 14.9. The first kappa shape index (κ1) is 15.4. The van der Waals surface area contributed by atoms with Gasteiger partial charge in [-0.25, -0.2) is 8.42 Å². The van der Waals surface area contributed by atoms with Crippen LogP contribution in [-0.4, -0.2) is 8.42 Å². The second-order valence-corrected chi connectivity index (χ2v) is 7.29. The Balaban J connectivity index is 2.38. The molecule has 0 saturated heterocycles. The highest BCUT2D eigenvalue weighted by atomic mass is 79.9. The summed E-state index contributed by atoms with van der Waals surface area (Å²) in [4.78, 5) is 0.0737. The van der Waals surface area contributed by atoms with Crippen LogP contribution in [0.1, 0.15) is 0 Å². The Morgan fingerprint density at radius 2 is 1.80 bits per heavy atom. The van der Waals surface area contributed by atoms with Crippen LogP contribution >= 0.6 is 39.1 Å². The number of sulfonamides is 1. The van der Waals surface area contributed by atoms with Crippen LogP contribution in [0.3, 0.4) is 0 Å². The fourth-order valence-corrected chi connectivity index (χ4v) is 3.60. The van der Waals surface area contributed by atoms with Gasteiger partial charge in [-0.2, -0.15) is 0 Å². The summed E-state index contributed by atoms with van der Waals surface area (Å²) in [6, 6.07) is 8.83. The molecule has 106 valence electrons. The number of nitrogens with two attached hydrogens (primary N) is 1. The van der Waals surface area contributed by atoms with E-state index in [1.165, 1.54) is 30.3 Å². The van der Waals surface area contributed by atoms with Gasteiger partial charge in [0.2, 0.25) is 0 Å². The van der Waals surface area contributed by atoms with Crippen molar-refractivity contribution < 1.29 is 8.42 Å². The molecular weight excluding hydrogens is 387 g/mol. The van der Waals surface area contributed by atoms with E-state index < -0.39 is 10.0 Å². The quantitative estimate of drug-likeness (QED) is 0.767. The van der Waals surface area contributed by atoms with Crippen molar-refractivity contribution in [2.45, 2.75) is 4.90 Å². The van der Waals surface area contributed by atoms with Crippen molar-refractivity contribution in [3.8, 4) is 0 Å². The van der Waals surface area contributed by atoms with Crippen LogP contribution in [0.15, 0.2) is 45.8 Å². The average molecular weight is 396 g/mol. The van der Waals surface area contributed by atoms with Crippen LogP contribution < -0.4 is 10.5 Å². The highest BCUT2D eigenvalue weighted by molar-refractivity contribution is 9.10. The molecule has 2 aromatic carbocycles. The van der Waals surface area contributed by atoms with Crippen molar-refractivity contribution in [2.75, 3.05) is 10.5 Å². The molecule has 0 aliphatic rings. The van der Waals surface area contributed by atoms with Crippen molar-refractivity contribution in [3.63, 3.8) is 0 Å². The van der Waals surface area contributed by atoms with E-state index >= 15 is 0 Å². The Morgan fingerprint density at radius 3 is 2.40 bits per heavy atom. The molecule has 0 aliphatic carbocycles. The molecule has 2 aromatic rings. The van der Waals surface area contributed by atoms with Gasteiger partial charge in [0.1, 0.15) is 0 Å². The average Bonchev–Trinajstić information content (AvgIpc) is 2.36. The zero-order chi connectivity index (χ0) is 14.9. The molecule has 0 bridgehead atoms. The first-order valence-corrected chi connectivity index (χ1v) is 8.36. The lowest BCUT2D eigenvalue weighted by atomic mass is 10.3. The van der Waals surface area contributed by atoms with Gasteiger partial charge in [-0.1, -0.05) is 23.2 Å². The summed E-state index contributed by atoms with van der Waals surface area (Å²) in [6.07, 6.45) is 0. The zero-order valence-electron chi connectivity index (χ0n) is 9.90. The number of benzene rings is 2. The third-order valence-electron chi connectivity index (χ3n) is 2.46. The maximum absolute atomic E-state index is 12.2. The minimum Gasteiger partial charge on any atom is -0.398 e. The van der Waals surface area contributed by atoms with Gasteiger partial charge in [-0.05, 0) is 52.3 Å². The third kappa shape index (κ3) is 3.38. The lowest BCUT2D eigenvalue weighted by Gasteiger charge is -2.10. The van der Waals surface area contributed by atoms with Crippen LogP contribution in [0.2, 0.25) is 10.0 Å². The van der Waals surface area contributed by atoms with Crippen molar-refractivity contribution in [1.29, 1.82) is 0 Å². The molecule has 0 unspecified atom stereocenters. The van der Waals surface area contributed by atoms with Gasteiger partial charge in [-0.15, -0.1) is 0 Å². The smallest absolute Gasteiger partial charge is 0.261 e. The molecule has 4 nitrogen and oxygen atoms in total. The minimum atomic E-state index is -3.75. The normalized spacial score (nSPS) is 11.3. The summed E-state index contributed by atoms with van der Waals surface area (Å²) < 4.78 is 27.4. The summed E-state index contributed by atoms with van der Waals surface area (Å²) in [5.41, 5.74) is 6.33. The zero-order valence-corrected chi connectivity index (χ0v) is 13.8. The third-order valence-corrected chi connectivity index (χ3v) is 5.06. The first-order valence-electron chi connectivity index (χ1n) is 5.32. The lowest BCUT2D eigenvalue weighted by molar-refractivity contribution is 0.601. The molecule has 0 amide bonds. The van der Waals surface area contributed by atoms with Crippen LogP contribution in [0.4, 0.5) is 11.4 Å². The fourth-order valence-electron chi connectivity index (χ4n) is 1.45. The summed E-state index contributed by atoms with van der Waals surface area (Å²) in [5.74, 6) is 0. The number of nitrogens with one attached hydrogen (secondary N) is 1. The number of hydrogen-bond acceptors (Lipinski definition) is 3. The molecule has 0 aliphatic heterocycles. The van der Waals surface area contributed by atoms with Crippen molar-refractivity contribution in [3.05, 3.63) is 50.9 Å². The van der Waals surface area contributed by atoms with E-state index in [0.717, 1.165) is 0 Å². The van der Waals surface area contributed by atoms with Gasteiger partial charge in [0.05, 0.1) is 15.6 Å². The van der Waals surface area contributed by atoms with Gasteiger partial charge in [0.25, 0.3) is 10.0 Å². The van der Waals surface area contributed by atoms with Gasteiger partial charge in [-0.3, -0.25) is 4.72 Å². The van der Waals surface area contributed by atoms with E-state index in [2.05, 4.69) is 20.7 Å². The highest BCUT2D eigenvalue weighted by Crippen LogP contribution is 2.29. The Kier molecular flexibility index (Phi) is 4.49. The molecule has 0 fully saturated rings. The number of anilines is 2. The topological polar surface area (TPSA) is 72.2 Å². The predicted molar refractivity (Wildman–Crippen MR) is 85.8 cm³/mol. The van der Waals surface area contributed by atoms with E-state index in [9.17, 15) is 8.42 Å². The molecule has 0 heterocycles. The first-order chi connectivity index (χ1) is 9.29. The second kappa shape index (κ2) is 5.81. The van der Waals surface area contributed by atoms with E-state index in [4.69, 9.17) is 28.9 Å². The second-order valence-electron chi connectivity index (χ2n) is 3.91. The maximum Gasteiger partial charge on any atom is 0.261 e. The van der Waals surface area contributed by atoms with Crippen LogP contribution in [0.5, 0.6) is 0 Å². The van der Waals surface area contributed by atoms with E-state index in [0.29, 0.717) is 15.2 Å². The molecule has 3 N–H and O–H groups in total. The highest BCUT2D eigenvalue weighted by Gasteiger charge is 2.16. The number of halogens is 3. The van der Waals surface area contributed by atoms with Crippen LogP contribution in [0.25, 0.3) is 0 Å².